The van der Waals surface area contributed by atoms with Crippen LogP contribution in [0.3, 0.4) is 0 Å². The molecule has 0 aromatic carbocycles. The summed E-state index contributed by atoms with van der Waals surface area (Å²) in [6, 6.07) is 3.56. The van der Waals surface area contributed by atoms with Gasteiger partial charge in [0.15, 0.2) is 0 Å². The van der Waals surface area contributed by atoms with Crippen LogP contribution < -0.4 is 11.1 Å². The molecular formula is C15H24N4O. The van der Waals surface area contributed by atoms with E-state index in [9.17, 15) is 4.79 Å². The minimum absolute atomic E-state index is 0.0286. The number of piperidine rings is 1. The molecule has 2 rings (SSSR count). The molecule has 20 heavy (non-hydrogen) atoms. The first-order chi connectivity index (χ1) is 9.74. The summed E-state index contributed by atoms with van der Waals surface area (Å²) in [5.74, 6) is 0.0286. The molecule has 3 N–H and O–H groups in total. The Bertz CT molecular complexity index is 412. The lowest BCUT2D eigenvalue weighted by Gasteiger charge is -2.26. The molecule has 0 radical (unpaired) electrons. The molecule has 0 bridgehead atoms. The minimum Gasteiger partial charge on any atom is -0.397 e. The molecule has 1 amide bonds. The van der Waals surface area contributed by atoms with E-state index in [4.69, 9.17) is 5.73 Å². The van der Waals surface area contributed by atoms with Crippen LogP contribution in [0.25, 0.3) is 0 Å². The second-order valence-corrected chi connectivity index (χ2v) is 5.37. The fourth-order valence-corrected chi connectivity index (χ4v) is 2.48. The number of nitrogens with zero attached hydrogens (tertiary/aromatic N) is 2. The van der Waals surface area contributed by atoms with E-state index in [-0.39, 0.29) is 5.91 Å². The molecule has 1 aromatic rings. The highest BCUT2D eigenvalue weighted by molar-refractivity contribution is 5.78. The maximum atomic E-state index is 11.8. The Kier molecular flexibility index (Phi) is 5.80. The number of nitrogens with two attached hydrogens (primary N) is 1. The van der Waals surface area contributed by atoms with Crippen LogP contribution in [0, 0.1) is 0 Å². The van der Waals surface area contributed by atoms with Crippen LogP contribution >= 0.6 is 0 Å². The van der Waals surface area contributed by atoms with Crippen LogP contribution in [0.5, 0.6) is 0 Å². The Morgan fingerprint density at radius 2 is 2.10 bits per heavy atom. The van der Waals surface area contributed by atoms with Gasteiger partial charge in [-0.2, -0.15) is 0 Å². The largest absolute Gasteiger partial charge is 0.397 e. The van der Waals surface area contributed by atoms with Crippen molar-refractivity contribution in [1.29, 1.82) is 0 Å². The number of likely N-dealkylation sites (tertiary alicyclic amines) is 1. The molecule has 1 saturated heterocycles. The van der Waals surface area contributed by atoms with Crippen molar-refractivity contribution < 1.29 is 4.79 Å². The Balaban J connectivity index is 1.59. The number of nitrogens with one attached hydrogen (secondary N) is 1. The summed E-state index contributed by atoms with van der Waals surface area (Å²) in [7, 11) is 0. The molecule has 5 nitrogen and oxygen atoms in total. The fraction of sp³-hybridized carbons (Fsp3) is 0.600. The van der Waals surface area contributed by atoms with Crippen LogP contribution in [0.1, 0.15) is 31.4 Å². The lowest BCUT2D eigenvalue weighted by Crippen LogP contribution is -2.33. The number of hydrogen-bond donors (Lipinski definition) is 2. The fourth-order valence-electron chi connectivity index (χ4n) is 2.48. The molecule has 110 valence electrons. The predicted molar refractivity (Wildman–Crippen MR) is 80.3 cm³/mol. The van der Waals surface area contributed by atoms with E-state index in [1.165, 1.54) is 32.4 Å². The Morgan fingerprint density at radius 3 is 2.80 bits per heavy atom. The van der Waals surface area contributed by atoms with E-state index in [0.29, 0.717) is 12.1 Å². The lowest BCUT2D eigenvalue weighted by atomic mass is 10.1. The molecule has 0 atom stereocenters. The molecule has 1 aromatic heterocycles. The zero-order valence-corrected chi connectivity index (χ0v) is 12.0. The minimum atomic E-state index is 0.0286. The van der Waals surface area contributed by atoms with Gasteiger partial charge in [-0.05, 0) is 51.0 Å². The van der Waals surface area contributed by atoms with Crippen molar-refractivity contribution in [3.63, 3.8) is 0 Å². The van der Waals surface area contributed by atoms with Crippen molar-refractivity contribution in [2.45, 2.75) is 32.1 Å². The number of amides is 1. The Morgan fingerprint density at radius 1 is 1.30 bits per heavy atom. The Hall–Kier alpha value is -1.62. The van der Waals surface area contributed by atoms with Gasteiger partial charge in [0.2, 0.25) is 5.91 Å². The summed E-state index contributed by atoms with van der Waals surface area (Å²) >= 11 is 0. The number of carbonyl (C=O) groups is 1. The van der Waals surface area contributed by atoms with Gasteiger partial charge in [0.05, 0.1) is 18.3 Å². The highest BCUT2D eigenvalue weighted by Crippen LogP contribution is 2.08. The normalized spacial score (nSPS) is 16.0. The van der Waals surface area contributed by atoms with Crippen LogP contribution in [0.2, 0.25) is 0 Å². The van der Waals surface area contributed by atoms with Gasteiger partial charge in [-0.3, -0.25) is 9.78 Å². The third-order valence-corrected chi connectivity index (χ3v) is 3.61. The van der Waals surface area contributed by atoms with Gasteiger partial charge < -0.3 is 16.0 Å². The summed E-state index contributed by atoms with van der Waals surface area (Å²) in [5, 5.41) is 2.95. The molecule has 0 unspecified atom stereocenters. The summed E-state index contributed by atoms with van der Waals surface area (Å²) in [6.45, 7) is 4.25. The lowest BCUT2D eigenvalue weighted by molar-refractivity contribution is -0.120. The zero-order valence-electron chi connectivity index (χ0n) is 12.0. The molecule has 0 spiro atoms. The number of carbonyl (C=O) groups excluding carboxylic acids is 1. The summed E-state index contributed by atoms with van der Waals surface area (Å²) in [6.07, 6.45) is 6.91. The van der Waals surface area contributed by atoms with E-state index in [0.717, 1.165) is 25.2 Å². The molecule has 0 saturated carbocycles. The zero-order chi connectivity index (χ0) is 14.2. The summed E-state index contributed by atoms with van der Waals surface area (Å²) in [5.41, 5.74) is 6.94. The average Bonchev–Trinajstić information content (AvgIpc) is 2.47. The van der Waals surface area contributed by atoms with Gasteiger partial charge in [-0.25, -0.2) is 0 Å². The summed E-state index contributed by atoms with van der Waals surface area (Å²) < 4.78 is 0. The predicted octanol–water partition coefficient (Wildman–Crippen LogP) is 1.20. The van der Waals surface area contributed by atoms with Crippen LogP contribution in [-0.2, 0) is 11.2 Å². The van der Waals surface area contributed by atoms with E-state index < -0.39 is 0 Å². The average molecular weight is 276 g/mol. The third kappa shape index (κ3) is 5.17. The van der Waals surface area contributed by atoms with Gasteiger partial charge in [0.1, 0.15) is 0 Å². The van der Waals surface area contributed by atoms with E-state index in [2.05, 4.69) is 15.2 Å². The number of anilines is 1. The first kappa shape index (κ1) is 14.8. The molecule has 1 aliphatic heterocycles. The maximum Gasteiger partial charge on any atom is 0.226 e. The topological polar surface area (TPSA) is 71.2 Å². The third-order valence-electron chi connectivity index (χ3n) is 3.61. The first-order valence-electron chi connectivity index (χ1n) is 7.43. The van der Waals surface area contributed by atoms with Crippen LogP contribution in [0.4, 0.5) is 5.69 Å². The van der Waals surface area contributed by atoms with E-state index in [1.807, 2.05) is 0 Å². The van der Waals surface area contributed by atoms with Crippen molar-refractivity contribution >= 4 is 11.6 Å². The highest BCUT2D eigenvalue weighted by Gasteiger charge is 2.09. The Labute approximate surface area is 120 Å². The maximum absolute atomic E-state index is 11.8. The highest BCUT2D eigenvalue weighted by atomic mass is 16.1. The second kappa shape index (κ2) is 7.85. The van der Waals surface area contributed by atoms with Crippen molar-refractivity contribution in [3.8, 4) is 0 Å². The molecule has 0 aliphatic carbocycles. The molecule has 2 heterocycles. The van der Waals surface area contributed by atoms with E-state index in [1.54, 1.807) is 18.3 Å². The SMILES string of the molecule is Nc1ccc(CC(=O)NCCCN2CCCCC2)nc1. The number of aromatic nitrogens is 1. The molecule has 1 aliphatic rings. The molecular weight excluding hydrogens is 252 g/mol. The molecule has 1 fully saturated rings. The first-order valence-corrected chi connectivity index (χ1v) is 7.43. The van der Waals surface area contributed by atoms with Gasteiger partial charge in [0.25, 0.3) is 0 Å². The summed E-state index contributed by atoms with van der Waals surface area (Å²) in [4.78, 5) is 18.4. The van der Waals surface area contributed by atoms with Gasteiger partial charge >= 0.3 is 0 Å². The van der Waals surface area contributed by atoms with E-state index >= 15 is 0 Å². The van der Waals surface area contributed by atoms with Crippen molar-refractivity contribution in [1.82, 2.24) is 15.2 Å². The second-order valence-electron chi connectivity index (χ2n) is 5.37. The molecule has 5 heteroatoms. The van der Waals surface area contributed by atoms with Crippen molar-refractivity contribution in [2.24, 2.45) is 0 Å². The van der Waals surface area contributed by atoms with Gasteiger partial charge in [-0.15, -0.1) is 0 Å². The number of hydrogen-bond acceptors (Lipinski definition) is 4. The number of pyridine rings is 1. The number of rotatable bonds is 6. The van der Waals surface area contributed by atoms with Crippen LogP contribution in [-0.4, -0.2) is 42.0 Å². The van der Waals surface area contributed by atoms with Crippen molar-refractivity contribution in [3.05, 3.63) is 24.0 Å². The number of nitrogen functional groups attached to an aromatic ring is 1. The van der Waals surface area contributed by atoms with Crippen LogP contribution in [0.15, 0.2) is 18.3 Å². The quantitative estimate of drug-likeness (QED) is 0.766. The smallest absolute Gasteiger partial charge is 0.226 e. The standard InChI is InChI=1S/C15H24N4O/c16-13-5-6-14(18-12-13)11-15(20)17-7-4-10-19-8-2-1-3-9-19/h5-6,12H,1-4,7-11,16H2,(H,17,20). The monoisotopic (exact) mass is 276 g/mol. The van der Waals surface area contributed by atoms with Gasteiger partial charge in [0, 0.05) is 12.2 Å². The van der Waals surface area contributed by atoms with Gasteiger partial charge in [-0.1, -0.05) is 6.42 Å². The van der Waals surface area contributed by atoms with Crippen molar-refractivity contribution in [2.75, 3.05) is 31.9 Å².